The van der Waals surface area contributed by atoms with Gasteiger partial charge < -0.3 is 10.2 Å². The maximum atomic E-state index is 13.7. The van der Waals surface area contributed by atoms with E-state index in [1.807, 2.05) is 33.3 Å². The van der Waals surface area contributed by atoms with Crippen molar-refractivity contribution in [1.82, 2.24) is 29.3 Å². The van der Waals surface area contributed by atoms with Gasteiger partial charge in [-0.3, -0.25) is 0 Å². The minimum Gasteiger partial charge on any atom is -0.353 e. The zero-order valence-corrected chi connectivity index (χ0v) is 22.9. The van der Waals surface area contributed by atoms with Gasteiger partial charge in [0.25, 0.3) is 0 Å². The molecule has 0 saturated carbocycles. The van der Waals surface area contributed by atoms with E-state index in [1.54, 1.807) is 45.7 Å². The molecule has 0 spiro atoms. The van der Waals surface area contributed by atoms with Crippen LogP contribution in [0.3, 0.4) is 0 Å². The van der Waals surface area contributed by atoms with E-state index in [-0.39, 0.29) is 0 Å². The van der Waals surface area contributed by atoms with Crippen molar-refractivity contribution < 1.29 is 13.2 Å². The van der Waals surface area contributed by atoms with E-state index in [2.05, 4.69) is 26.5 Å². The van der Waals surface area contributed by atoms with E-state index in [1.165, 1.54) is 6.07 Å². The molecule has 2 aromatic carbocycles. The Labute approximate surface area is 235 Å². The molecule has 0 unspecified atom stereocenters. The molecule has 11 heteroatoms. The maximum absolute atomic E-state index is 13.7. The fraction of sp³-hybridized carbons (Fsp3) is 0.267. The van der Waals surface area contributed by atoms with Gasteiger partial charge in [-0.1, -0.05) is 12.1 Å². The molecule has 0 saturated heterocycles. The predicted octanol–water partition coefficient (Wildman–Crippen LogP) is 6.20. The highest BCUT2D eigenvalue weighted by Crippen LogP contribution is 2.38. The second-order valence-corrected chi connectivity index (χ2v) is 10.0. The summed E-state index contributed by atoms with van der Waals surface area (Å²) in [6.45, 7) is 3.50. The van der Waals surface area contributed by atoms with Crippen molar-refractivity contribution >= 4 is 11.6 Å². The standard InChI is InChI=1S/C30H29F3N8/c1-20-25(26-13-15-36-41(26)24-11-9-21(18-34)10-12-24)19-40-28(37-29(38-40)35-14-4-5-16-39(2)3)27(20)22-7-6-8-23(17-22)30(31,32)33/h6-13,15,17,19H,4-5,14,16H2,1-3H3,(H,35,38). The first-order chi connectivity index (χ1) is 19.7. The smallest absolute Gasteiger partial charge is 0.353 e. The van der Waals surface area contributed by atoms with Crippen molar-refractivity contribution in [2.24, 2.45) is 0 Å². The Bertz CT molecular complexity index is 1710. The first-order valence-corrected chi connectivity index (χ1v) is 13.2. The number of unbranched alkanes of at least 4 members (excludes halogenated alkanes) is 1. The quantitative estimate of drug-likeness (QED) is 0.217. The van der Waals surface area contributed by atoms with Crippen LogP contribution in [0.4, 0.5) is 19.1 Å². The lowest BCUT2D eigenvalue weighted by Crippen LogP contribution is -2.14. The zero-order valence-electron chi connectivity index (χ0n) is 22.9. The number of pyridine rings is 1. The molecule has 0 radical (unpaired) electrons. The average Bonchev–Trinajstić information content (AvgIpc) is 3.59. The molecule has 0 bridgehead atoms. The molecule has 0 amide bonds. The SMILES string of the molecule is Cc1c(-c2ccnn2-c2ccc(C#N)cc2)cn2nc(NCCCCN(C)C)nc2c1-c1cccc(C(F)(F)F)c1. The van der Waals surface area contributed by atoms with E-state index in [0.717, 1.165) is 54.0 Å². The third-order valence-electron chi connectivity index (χ3n) is 6.84. The Balaban J connectivity index is 1.63. The van der Waals surface area contributed by atoms with Crippen LogP contribution < -0.4 is 5.32 Å². The number of aromatic nitrogens is 5. The van der Waals surface area contributed by atoms with Crippen LogP contribution in [0.2, 0.25) is 0 Å². The fourth-order valence-corrected chi connectivity index (χ4v) is 4.78. The highest BCUT2D eigenvalue weighted by molar-refractivity contribution is 5.86. The summed E-state index contributed by atoms with van der Waals surface area (Å²) in [6.07, 6.45) is 0.916. The molecule has 1 N–H and O–H groups in total. The number of nitrogens with one attached hydrogen (secondary N) is 1. The summed E-state index contributed by atoms with van der Waals surface area (Å²) in [5.74, 6) is 0.403. The summed E-state index contributed by atoms with van der Waals surface area (Å²) in [7, 11) is 4.05. The van der Waals surface area contributed by atoms with Gasteiger partial charge in [-0.2, -0.15) is 28.5 Å². The van der Waals surface area contributed by atoms with Crippen molar-refractivity contribution in [2.45, 2.75) is 25.9 Å². The zero-order chi connectivity index (χ0) is 29.1. The number of hydrogen-bond donors (Lipinski definition) is 1. The van der Waals surface area contributed by atoms with Crippen molar-refractivity contribution in [3.05, 3.63) is 83.7 Å². The lowest BCUT2D eigenvalue weighted by molar-refractivity contribution is -0.137. The third-order valence-corrected chi connectivity index (χ3v) is 6.84. The van der Waals surface area contributed by atoms with Crippen LogP contribution in [0.1, 0.15) is 29.5 Å². The molecule has 5 aromatic rings. The van der Waals surface area contributed by atoms with Crippen LogP contribution in [-0.4, -0.2) is 56.5 Å². The summed E-state index contributed by atoms with van der Waals surface area (Å²) in [5, 5.41) is 21.6. The summed E-state index contributed by atoms with van der Waals surface area (Å²) >= 11 is 0. The minimum absolute atomic E-state index is 0.388. The molecule has 3 heterocycles. The van der Waals surface area contributed by atoms with Gasteiger partial charge in [-0.25, -0.2) is 9.20 Å². The number of anilines is 1. The van der Waals surface area contributed by atoms with Crippen LogP contribution in [0.15, 0.2) is 67.0 Å². The van der Waals surface area contributed by atoms with Gasteiger partial charge in [0.1, 0.15) is 0 Å². The lowest BCUT2D eigenvalue weighted by atomic mass is 9.95. The number of fused-ring (bicyclic) bond motifs is 1. The van der Waals surface area contributed by atoms with Crippen LogP contribution >= 0.6 is 0 Å². The maximum Gasteiger partial charge on any atom is 0.416 e. The number of benzene rings is 2. The molecule has 0 fully saturated rings. The number of nitrogens with zero attached hydrogens (tertiary/aromatic N) is 7. The van der Waals surface area contributed by atoms with E-state index in [9.17, 15) is 18.4 Å². The Hall–Kier alpha value is -4.69. The molecule has 8 nitrogen and oxygen atoms in total. The monoisotopic (exact) mass is 558 g/mol. The van der Waals surface area contributed by atoms with Crippen LogP contribution in [0.5, 0.6) is 0 Å². The van der Waals surface area contributed by atoms with Crippen molar-refractivity contribution in [2.75, 3.05) is 32.5 Å². The third kappa shape index (κ3) is 5.93. The van der Waals surface area contributed by atoms with Gasteiger partial charge in [-0.15, -0.1) is 5.10 Å². The Kier molecular flexibility index (Phi) is 7.77. The van der Waals surface area contributed by atoms with E-state index in [4.69, 9.17) is 4.98 Å². The Morgan fingerprint density at radius 2 is 1.83 bits per heavy atom. The summed E-state index contributed by atoms with van der Waals surface area (Å²) in [4.78, 5) is 6.82. The van der Waals surface area contributed by atoms with Crippen molar-refractivity contribution in [3.8, 4) is 34.1 Å². The Morgan fingerprint density at radius 3 is 2.54 bits per heavy atom. The Morgan fingerprint density at radius 1 is 1.05 bits per heavy atom. The molecule has 3 aromatic heterocycles. The number of rotatable bonds is 9. The van der Waals surface area contributed by atoms with Crippen LogP contribution in [-0.2, 0) is 6.18 Å². The average molecular weight is 559 g/mol. The first kappa shape index (κ1) is 27.9. The van der Waals surface area contributed by atoms with Gasteiger partial charge in [0.15, 0.2) is 5.65 Å². The fourth-order valence-electron chi connectivity index (χ4n) is 4.78. The number of nitriles is 1. The largest absolute Gasteiger partial charge is 0.416 e. The number of alkyl halides is 3. The van der Waals surface area contributed by atoms with Crippen LogP contribution in [0, 0.1) is 18.3 Å². The highest BCUT2D eigenvalue weighted by atomic mass is 19.4. The second-order valence-electron chi connectivity index (χ2n) is 10.0. The number of hydrogen-bond acceptors (Lipinski definition) is 6. The van der Waals surface area contributed by atoms with E-state index in [0.29, 0.717) is 34.8 Å². The molecule has 0 aliphatic carbocycles. The molecular formula is C30H29F3N8. The van der Waals surface area contributed by atoms with Gasteiger partial charge in [0.2, 0.25) is 5.95 Å². The second kappa shape index (κ2) is 11.4. The minimum atomic E-state index is -4.49. The number of halogens is 3. The molecule has 41 heavy (non-hydrogen) atoms. The van der Waals surface area contributed by atoms with Crippen molar-refractivity contribution in [1.29, 1.82) is 5.26 Å². The molecule has 210 valence electrons. The van der Waals surface area contributed by atoms with E-state index >= 15 is 0 Å². The molecule has 0 aliphatic heterocycles. The van der Waals surface area contributed by atoms with Gasteiger partial charge >= 0.3 is 6.18 Å². The summed E-state index contributed by atoms with van der Waals surface area (Å²) in [6, 6.07) is 16.2. The topological polar surface area (TPSA) is 87.1 Å². The molecule has 0 atom stereocenters. The van der Waals surface area contributed by atoms with Gasteiger partial charge in [0.05, 0.1) is 34.8 Å². The summed E-state index contributed by atoms with van der Waals surface area (Å²) in [5.41, 5.74) is 4.10. The van der Waals surface area contributed by atoms with E-state index < -0.39 is 11.7 Å². The molecule has 5 rings (SSSR count). The lowest BCUT2D eigenvalue weighted by Gasteiger charge is -2.16. The normalized spacial score (nSPS) is 11.8. The predicted molar refractivity (Wildman–Crippen MR) is 152 cm³/mol. The summed E-state index contributed by atoms with van der Waals surface area (Å²) < 4.78 is 44.4. The highest BCUT2D eigenvalue weighted by Gasteiger charge is 2.31. The first-order valence-electron chi connectivity index (χ1n) is 13.2. The van der Waals surface area contributed by atoms with Crippen molar-refractivity contribution in [3.63, 3.8) is 0 Å². The molecular weight excluding hydrogens is 529 g/mol. The van der Waals surface area contributed by atoms with Gasteiger partial charge in [0, 0.05) is 23.9 Å². The molecule has 0 aliphatic rings. The van der Waals surface area contributed by atoms with Crippen LogP contribution in [0.25, 0.3) is 33.7 Å². The van der Waals surface area contributed by atoms with Gasteiger partial charge in [-0.05, 0) is 94.0 Å².